The minimum atomic E-state index is -1.72. The quantitative estimate of drug-likeness (QED) is 0.0867. The Morgan fingerprint density at radius 3 is 2.64 bits per heavy atom. The average molecular weight is 817 g/mol. The van der Waals surface area contributed by atoms with Crippen molar-refractivity contribution in [3.8, 4) is 17.8 Å². The number of aliphatic hydroxyl groups is 5. The Morgan fingerprint density at radius 1 is 1.08 bits per heavy atom. The number of aromatic carboxylic acids is 1. The number of carboxylic acid groups (broad SMARTS) is 1. The Labute approximate surface area is 346 Å². The van der Waals surface area contributed by atoms with Crippen LogP contribution in [0, 0.1) is 35.2 Å². The average Bonchev–Trinajstić information content (AvgIpc) is 3.44. The van der Waals surface area contributed by atoms with Gasteiger partial charge in [0, 0.05) is 33.2 Å². The van der Waals surface area contributed by atoms with Crippen LogP contribution >= 0.6 is 0 Å². The molecule has 8 rings (SSSR count). The highest BCUT2D eigenvalue weighted by atomic mass is 16.7. The summed E-state index contributed by atoms with van der Waals surface area (Å²) in [5.41, 5.74) is -0.175. The fraction of sp³-hybridized carbons (Fsp3) is 0.596. The van der Waals surface area contributed by atoms with Gasteiger partial charge in [-0.1, -0.05) is 30.2 Å². The van der Waals surface area contributed by atoms with E-state index < -0.39 is 65.3 Å². The van der Waals surface area contributed by atoms with Gasteiger partial charge in [0.15, 0.2) is 5.60 Å². The minimum Gasteiger partial charge on any atom is -0.486 e. The van der Waals surface area contributed by atoms with Gasteiger partial charge in [-0.3, -0.25) is 0 Å². The summed E-state index contributed by atoms with van der Waals surface area (Å²) in [4.78, 5) is 11.4. The van der Waals surface area contributed by atoms with Gasteiger partial charge in [-0.25, -0.2) is 4.79 Å². The molecule has 2 saturated carbocycles. The second kappa shape index (κ2) is 18.4. The van der Waals surface area contributed by atoms with Crippen LogP contribution in [0.4, 0.5) is 0 Å². The van der Waals surface area contributed by atoms with E-state index in [0.717, 1.165) is 36.0 Å². The van der Waals surface area contributed by atoms with Crippen molar-refractivity contribution < 1.29 is 59.1 Å². The van der Waals surface area contributed by atoms with E-state index in [9.17, 15) is 35.4 Å². The van der Waals surface area contributed by atoms with Crippen molar-refractivity contribution in [1.29, 1.82) is 0 Å². The van der Waals surface area contributed by atoms with Gasteiger partial charge < -0.3 is 54.3 Å². The number of hydrogen-bond acceptors (Lipinski definition) is 11. The zero-order valence-electron chi connectivity index (χ0n) is 33.9. The molecular formula is C47H60O12. The molecule has 2 spiro atoms. The van der Waals surface area contributed by atoms with Crippen molar-refractivity contribution in [3.05, 3.63) is 89.7 Å². The van der Waals surface area contributed by atoms with E-state index in [-0.39, 0.29) is 43.3 Å². The van der Waals surface area contributed by atoms with Gasteiger partial charge >= 0.3 is 5.97 Å². The molecule has 59 heavy (non-hydrogen) atoms. The molecule has 0 aromatic heterocycles. The van der Waals surface area contributed by atoms with Crippen LogP contribution in [0.2, 0.25) is 0 Å². The maximum atomic E-state index is 12.6. The van der Waals surface area contributed by atoms with E-state index in [1.54, 1.807) is 19.2 Å². The number of methoxy groups -OCH3 is 1. The van der Waals surface area contributed by atoms with E-state index >= 15 is 0 Å². The Balaban J connectivity index is 1.23. The third kappa shape index (κ3) is 8.94. The third-order valence-electron chi connectivity index (χ3n) is 13.8. The lowest BCUT2D eigenvalue weighted by Gasteiger charge is -2.54. The number of allylic oxidation sites excluding steroid dienone is 2. The summed E-state index contributed by atoms with van der Waals surface area (Å²) in [6, 6.07) is 12.7. The van der Waals surface area contributed by atoms with Gasteiger partial charge in [-0.05, 0) is 141 Å². The van der Waals surface area contributed by atoms with Crippen molar-refractivity contribution in [3.63, 3.8) is 0 Å². The van der Waals surface area contributed by atoms with Crippen LogP contribution in [0.1, 0.15) is 91.3 Å². The molecule has 0 unspecified atom stereocenters. The zero-order chi connectivity index (χ0) is 41.8. The monoisotopic (exact) mass is 816 g/mol. The first-order valence-corrected chi connectivity index (χ1v) is 21.2. The molecule has 12 atom stereocenters. The van der Waals surface area contributed by atoms with Crippen molar-refractivity contribution in [1.82, 2.24) is 0 Å². The number of aliphatic hydroxyl groups excluding tert-OH is 4. The molecule has 3 fully saturated rings. The Morgan fingerprint density at radius 2 is 1.90 bits per heavy atom. The molecule has 4 aliphatic heterocycles. The number of ether oxygens (including phenoxy) is 5. The summed E-state index contributed by atoms with van der Waals surface area (Å²) in [5, 5.41) is 68.1. The summed E-state index contributed by atoms with van der Waals surface area (Å²) < 4.78 is 31.4. The highest BCUT2D eigenvalue weighted by Gasteiger charge is 2.65. The lowest BCUT2D eigenvalue weighted by molar-refractivity contribution is -0.334. The van der Waals surface area contributed by atoms with Crippen molar-refractivity contribution in [2.24, 2.45) is 23.2 Å². The van der Waals surface area contributed by atoms with Crippen LogP contribution in [0.15, 0.2) is 67.5 Å². The summed E-state index contributed by atoms with van der Waals surface area (Å²) in [5.74, 6) is 2.05. The summed E-state index contributed by atoms with van der Waals surface area (Å²) >= 11 is 0. The molecule has 3 bridgehead atoms. The number of aryl methyl sites for hydroxylation is 1. The second-order valence-electron chi connectivity index (χ2n) is 17.5. The molecule has 2 aliphatic carbocycles. The van der Waals surface area contributed by atoms with E-state index in [2.05, 4.69) is 18.6 Å². The minimum absolute atomic E-state index is 0.00989. The molecular weight excluding hydrogens is 757 g/mol. The highest BCUT2D eigenvalue weighted by molar-refractivity contribution is 5.87. The van der Waals surface area contributed by atoms with Crippen molar-refractivity contribution in [2.75, 3.05) is 20.3 Å². The molecule has 6 N–H and O–H groups in total. The molecule has 1 saturated heterocycles. The normalized spacial score (nSPS) is 36.1. The van der Waals surface area contributed by atoms with Gasteiger partial charge in [0.05, 0.1) is 23.5 Å². The molecule has 0 amide bonds. The van der Waals surface area contributed by atoms with Crippen LogP contribution in [-0.4, -0.2) is 105 Å². The first-order valence-electron chi connectivity index (χ1n) is 21.2. The standard InChI is InChI=1S/C47H60O12/c1-3-7-32-15-16-36(26-34(32)8-5-21-55-2)58-44-47-28-37(38(49)9-6-22-56-39(10-4-20-48)41(59-44)40(50)42(47)51)45(19-23-57-47)18-17-35-25-31(27-46(35,54)29-45)24-30-11-13-33(14-12-30)43(52)53/h3,11-16,19,23,26,31,35,37-42,44,48-51,54H,1,4-5,7-10,17-18,20-21,24-25,27-29H2,2H3,(H,52,53)/t31-,35-,37+,38+,39-,40+,41+,42-,44-,45+,46+,47+/m0/s1. The molecule has 320 valence electrons. The van der Waals surface area contributed by atoms with Crippen molar-refractivity contribution in [2.45, 2.75) is 131 Å². The first-order chi connectivity index (χ1) is 28.4. The summed E-state index contributed by atoms with van der Waals surface area (Å²) in [6.45, 7) is 4.38. The zero-order valence-corrected chi connectivity index (χ0v) is 33.9. The highest BCUT2D eigenvalue weighted by Crippen LogP contribution is 2.61. The van der Waals surface area contributed by atoms with Crippen LogP contribution in [-0.2, 0) is 38.2 Å². The number of carboxylic acids is 1. The van der Waals surface area contributed by atoms with E-state index in [1.165, 1.54) is 6.26 Å². The van der Waals surface area contributed by atoms with Crippen LogP contribution in [0.3, 0.4) is 0 Å². The topological polar surface area (TPSA) is 185 Å². The number of benzene rings is 2. The second-order valence-corrected chi connectivity index (χ2v) is 17.5. The summed E-state index contributed by atoms with van der Waals surface area (Å²) in [6.07, 6.45) is 7.21. The number of hydrogen-bond donors (Lipinski definition) is 6. The van der Waals surface area contributed by atoms with E-state index in [0.29, 0.717) is 57.3 Å². The van der Waals surface area contributed by atoms with Gasteiger partial charge in [-0.2, -0.15) is 0 Å². The van der Waals surface area contributed by atoms with E-state index in [1.807, 2.05) is 42.5 Å². The Bertz CT molecular complexity index is 1870. The third-order valence-corrected chi connectivity index (χ3v) is 13.8. The molecule has 6 aliphatic rings. The SMILES string of the molecule is C=CCc1ccc(O[C@H]2O[C@H]3[C@@H](O)[C@H](O)[C@]24C[C@H]([C@H](O)CC#CO[C@H]3CCCO)[C@@]2(C=CO4)CC[C@H]3C[C@H](Cc4ccc(C(=O)O)cc4)C[C@@]3(O)C2)cc1CCCOC. The molecule has 2 aromatic rings. The molecule has 12 heteroatoms. The number of rotatable bonds is 14. The largest absolute Gasteiger partial charge is 0.486 e. The van der Waals surface area contributed by atoms with Crippen LogP contribution in [0.25, 0.3) is 0 Å². The van der Waals surface area contributed by atoms with Gasteiger partial charge in [0.1, 0.15) is 36.3 Å². The number of fused-ring (bicyclic) bond motifs is 7. The first kappa shape index (κ1) is 43.2. The van der Waals surface area contributed by atoms with E-state index in [4.69, 9.17) is 23.7 Å². The van der Waals surface area contributed by atoms with Crippen molar-refractivity contribution >= 4 is 5.97 Å². The lowest BCUT2D eigenvalue weighted by Crippen LogP contribution is -2.70. The molecule has 2 aromatic carbocycles. The number of carbonyl (C=O) groups is 1. The van der Waals surface area contributed by atoms with Gasteiger partial charge in [0.25, 0.3) is 0 Å². The van der Waals surface area contributed by atoms with Gasteiger partial charge in [0.2, 0.25) is 6.29 Å². The molecule has 4 heterocycles. The Hall–Kier alpha value is -3.93. The maximum Gasteiger partial charge on any atom is 0.335 e. The fourth-order valence-electron chi connectivity index (χ4n) is 10.8. The smallest absolute Gasteiger partial charge is 0.335 e. The van der Waals surface area contributed by atoms with Crippen LogP contribution < -0.4 is 4.74 Å². The predicted molar refractivity (Wildman–Crippen MR) is 217 cm³/mol. The predicted octanol–water partition coefficient (Wildman–Crippen LogP) is 4.86. The lowest BCUT2D eigenvalue weighted by atomic mass is 9.55. The van der Waals surface area contributed by atoms with Gasteiger partial charge in [-0.15, -0.1) is 6.58 Å². The molecule has 12 nitrogen and oxygen atoms in total. The maximum absolute atomic E-state index is 12.6. The summed E-state index contributed by atoms with van der Waals surface area (Å²) in [7, 11) is 1.67. The van der Waals surface area contributed by atoms with Crippen LogP contribution in [0.5, 0.6) is 5.75 Å². The Kier molecular flexibility index (Phi) is 13.4. The molecule has 0 radical (unpaired) electrons. The fourth-order valence-corrected chi connectivity index (χ4v) is 10.8.